The van der Waals surface area contributed by atoms with Crippen LogP contribution < -0.4 is 16.0 Å². The molecule has 0 saturated heterocycles. The highest BCUT2D eigenvalue weighted by atomic mass is 19.1. The molecule has 178 valence electrons. The number of nitriles is 1. The lowest BCUT2D eigenvalue weighted by Gasteiger charge is -2.16. The number of amides is 1. The second kappa shape index (κ2) is 11.2. The fourth-order valence-corrected chi connectivity index (χ4v) is 3.39. The summed E-state index contributed by atoms with van der Waals surface area (Å²) in [5, 5.41) is 22.8. The zero-order valence-corrected chi connectivity index (χ0v) is 19.6. The maximum Gasteiger partial charge on any atom is 0.227 e. The zero-order valence-electron chi connectivity index (χ0n) is 19.6. The summed E-state index contributed by atoms with van der Waals surface area (Å²) in [4.78, 5) is 16.8. The Morgan fingerprint density at radius 2 is 2.15 bits per heavy atom. The summed E-state index contributed by atoms with van der Waals surface area (Å²) >= 11 is 0. The van der Waals surface area contributed by atoms with Crippen molar-refractivity contribution in [1.82, 2.24) is 14.8 Å². The van der Waals surface area contributed by atoms with Crippen molar-refractivity contribution in [3.8, 4) is 6.07 Å². The number of anilines is 3. The average Bonchev–Trinajstić information content (AvgIpc) is 3.27. The minimum Gasteiger partial charge on any atom is -0.386 e. The van der Waals surface area contributed by atoms with Crippen molar-refractivity contribution in [2.24, 2.45) is 0 Å². The molecule has 2 heterocycles. The monoisotopic (exact) mass is 465 g/mol. The van der Waals surface area contributed by atoms with Crippen LogP contribution in [-0.2, 0) is 22.6 Å². The van der Waals surface area contributed by atoms with Gasteiger partial charge in [-0.3, -0.25) is 9.48 Å². The lowest BCUT2D eigenvalue weighted by molar-refractivity contribution is -0.118. The molecule has 9 nitrogen and oxygen atoms in total. The molecule has 0 fully saturated rings. The third kappa shape index (κ3) is 6.30. The Balaban J connectivity index is 1.66. The molecule has 0 aliphatic rings. The summed E-state index contributed by atoms with van der Waals surface area (Å²) in [7, 11) is 3.35. The van der Waals surface area contributed by atoms with Gasteiger partial charge in [-0.2, -0.15) is 10.4 Å². The van der Waals surface area contributed by atoms with Crippen LogP contribution in [0.3, 0.4) is 0 Å². The predicted octanol–water partition coefficient (Wildman–Crippen LogP) is 3.66. The SMILES string of the molecule is CNc1cc(NCc2cnn(Cc3ccc(F)cc3C#N)c2)nc(C)c1NC(=O)C[C@@H](C)OC. The van der Waals surface area contributed by atoms with Crippen LogP contribution in [0.15, 0.2) is 36.7 Å². The molecule has 0 aliphatic carbocycles. The Hall–Kier alpha value is -3.97. The number of pyridine rings is 1. The molecule has 3 rings (SSSR count). The average molecular weight is 466 g/mol. The number of benzene rings is 1. The van der Waals surface area contributed by atoms with Crippen LogP contribution in [0.5, 0.6) is 0 Å². The number of carbonyl (C=O) groups is 1. The van der Waals surface area contributed by atoms with E-state index in [1.807, 2.05) is 32.2 Å². The second-order valence-corrected chi connectivity index (χ2v) is 7.88. The van der Waals surface area contributed by atoms with Gasteiger partial charge in [-0.15, -0.1) is 0 Å². The Kier molecular flexibility index (Phi) is 8.16. The largest absolute Gasteiger partial charge is 0.386 e. The van der Waals surface area contributed by atoms with Gasteiger partial charge in [-0.05, 0) is 31.5 Å². The van der Waals surface area contributed by atoms with Crippen LogP contribution in [-0.4, -0.2) is 40.9 Å². The van der Waals surface area contributed by atoms with Crippen LogP contribution in [0.25, 0.3) is 0 Å². The van der Waals surface area contributed by atoms with E-state index in [4.69, 9.17) is 4.74 Å². The Morgan fingerprint density at radius 1 is 1.35 bits per heavy atom. The number of methoxy groups -OCH3 is 1. The number of carbonyl (C=O) groups excluding carboxylic acids is 1. The van der Waals surface area contributed by atoms with Crippen molar-refractivity contribution in [2.75, 3.05) is 30.1 Å². The molecule has 2 aromatic heterocycles. The molecule has 34 heavy (non-hydrogen) atoms. The summed E-state index contributed by atoms with van der Waals surface area (Å²) in [5.74, 6) is 0.0530. The number of hydrogen-bond donors (Lipinski definition) is 3. The van der Waals surface area contributed by atoms with Crippen LogP contribution in [0, 0.1) is 24.1 Å². The molecule has 1 atom stereocenters. The van der Waals surface area contributed by atoms with E-state index in [2.05, 4.69) is 26.0 Å². The highest BCUT2D eigenvalue weighted by Gasteiger charge is 2.15. The minimum absolute atomic E-state index is 0.149. The summed E-state index contributed by atoms with van der Waals surface area (Å²) < 4.78 is 20.2. The first-order valence-corrected chi connectivity index (χ1v) is 10.8. The number of aryl methyl sites for hydroxylation is 1. The molecule has 3 N–H and O–H groups in total. The van der Waals surface area contributed by atoms with Gasteiger partial charge in [0.15, 0.2) is 0 Å². The van der Waals surface area contributed by atoms with Crippen molar-refractivity contribution >= 4 is 23.1 Å². The Morgan fingerprint density at radius 3 is 2.85 bits per heavy atom. The minimum atomic E-state index is -0.440. The highest BCUT2D eigenvalue weighted by Crippen LogP contribution is 2.28. The van der Waals surface area contributed by atoms with E-state index in [0.29, 0.717) is 41.4 Å². The fraction of sp³-hybridized carbons (Fsp3) is 0.333. The third-order valence-corrected chi connectivity index (χ3v) is 5.29. The third-order valence-electron chi connectivity index (χ3n) is 5.29. The molecule has 0 radical (unpaired) electrons. The van der Waals surface area contributed by atoms with Crippen molar-refractivity contribution in [1.29, 1.82) is 5.26 Å². The van der Waals surface area contributed by atoms with E-state index < -0.39 is 5.82 Å². The van der Waals surface area contributed by atoms with Crippen LogP contribution in [0.1, 0.15) is 35.7 Å². The smallest absolute Gasteiger partial charge is 0.227 e. The standard InChI is InChI=1S/C24H28FN7O2/c1-15(34-4)7-23(33)31-24-16(2)30-22(9-21(24)27-3)28-11-17-12-29-32(13-17)14-18-5-6-20(25)8-19(18)10-26/h5-6,8-9,12-13,15H,7,11,14H2,1-4H3,(H,31,33)(H2,27,28,30)/t15-/m1/s1. The van der Waals surface area contributed by atoms with Gasteiger partial charge in [0.1, 0.15) is 11.6 Å². The van der Waals surface area contributed by atoms with E-state index in [0.717, 1.165) is 11.3 Å². The molecule has 1 amide bonds. The number of aromatic nitrogens is 3. The van der Waals surface area contributed by atoms with E-state index >= 15 is 0 Å². The molecular formula is C24H28FN7O2. The number of ether oxygens (including phenoxy) is 1. The van der Waals surface area contributed by atoms with E-state index in [-0.39, 0.29) is 18.4 Å². The van der Waals surface area contributed by atoms with Gasteiger partial charge in [0, 0.05) is 38.5 Å². The van der Waals surface area contributed by atoms with Crippen molar-refractivity contribution < 1.29 is 13.9 Å². The van der Waals surface area contributed by atoms with Gasteiger partial charge in [-0.1, -0.05) is 6.07 Å². The topological polar surface area (TPSA) is 117 Å². The van der Waals surface area contributed by atoms with Crippen molar-refractivity contribution in [3.05, 3.63) is 64.9 Å². The quantitative estimate of drug-likeness (QED) is 0.418. The van der Waals surface area contributed by atoms with Gasteiger partial charge in [0.05, 0.1) is 54.0 Å². The molecule has 0 saturated carbocycles. The highest BCUT2D eigenvalue weighted by molar-refractivity contribution is 5.95. The second-order valence-electron chi connectivity index (χ2n) is 7.88. The molecule has 0 aliphatic heterocycles. The summed E-state index contributed by atoms with van der Waals surface area (Å²) in [6.07, 6.45) is 3.65. The van der Waals surface area contributed by atoms with Gasteiger partial charge < -0.3 is 20.7 Å². The number of hydrogen-bond acceptors (Lipinski definition) is 7. The van der Waals surface area contributed by atoms with E-state index in [1.165, 1.54) is 12.1 Å². The van der Waals surface area contributed by atoms with Gasteiger partial charge in [0.25, 0.3) is 0 Å². The molecule has 1 aromatic carbocycles. The summed E-state index contributed by atoms with van der Waals surface area (Å²) in [6.45, 7) is 4.50. The first-order valence-electron chi connectivity index (χ1n) is 10.8. The normalized spacial score (nSPS) is 11.5. The molecule has 3 aromatic rings. The molecule has 0 bridgehead atoms. The summed E-state index contributed by atoms with van der Waals surface area (Å²) in [6, 6.07) is 7.99. The number of nitrogens with one attached hydrogen (secondary N) is 3. The maximum absolute atomic E-state index is 13.4. The van der Waals surface area contributed by atoms with Crippen LogP contribution in [0.4, 0.5) is 21.6 Å². The van der Waals surface area contributed by atoms with Crippen molar-refractivity contribution in [3.63, 3.8) is 0 Å². The fourth-order valence-electron chi connectivity index (χ4n) is 3.39. The number of nitrogens with zero attached hydrogens (tertiary/aromatic N) is 4. The van der Waals surface area contributed by atoms with Gasteiger partial charge >= 0.3 is 0 Å². The van der Waals surface area contributed by atoms with Gasteiger partial charge in [-0.25, -0.2) is 9.37 Å². The van der Waals surface area contributed by atoms with Crippen molar-refractivity contribution in [2.45, 2.75) is 39.5 Å². The number of halogens is 1. The van der Waals surface area contributed by atoms with E-state index in [9.17, 15) is 14.4 Å². The predicted molar refractivity (Wildman–Crippen MR) is 128 cm³/mol. The molecular weight excluding hydrogens is 437 g/mol. The zero-order chi connectivity index (χ0) is 24.7. The maximum atomic E-state index is 13.4. The molecule has 10 heteroatoms. The van der Waals surface area contributed by atoms with Gasteiger partial charge in [0.2, 0.25) is 5.91 Å². The lowest BCUT2D eigenvalue weighted by atomic mass is 10.1. The Labute approximate surface area is 198 Å². The first kappa shape index (κ1) is 24.7. The molecule has 0 unspecified atom stereocenters. The summed E-state index contributed by atoms with van der Waals surface area (Å²) in [5.41, 5.74) is 3.94. The van der Waals surface area contributed by atoms with Crippen LogP contribution >= 0.6 is 0 Å². The van der Waals surface area contributed by atoms with E-state index in [1.54, 1.807) is 31.1 Å². The molecule has 0 spiro atoms. The van der Waals surface area contributed by atoms with Crippen LogP contribution in [0.2, 0.25) is 0 Å². The first-order chi connectivity index (χ1) is 16.3. The number of rotatable bonds is 10. The lowest BCUT2D eigenvalue weighted by Crippen LogP contribution is -2.20. The Bertz CT molecular complexity index is 1200.